The van der Waals surface area contributed by atoms with Crippen LogP contribution in [-0.2, 0) is 6.54 Å². The third-order valence-corrected chi connectivity index (χ3v) is 5.06. The zero-order chi connectivity index (χ0) is 19.9. The summed E-state index contributed by atoms with van der Waals surface area (Å²) in [5.41, 5.74) is 2.27. The third kappa shape index (κ3) is 4.44. The van der Waals surface area contributed by atoms with Gasteiger partial charge in [0.15, 0.2) is 11.5 Å². The molecule has 0 spiro atoms. The molecule has 0 bridgehead atoms. The molecule has 1 saturated heterocycles. The molecule has 0 N–H and O–H groups in total. The number of hydrogen-bond acceptors (Lipinski definition) is 6. The Kier molecular flexibility index (Phi) is 6.87. The van der Waals surface area contributed by atoms with Crippen LogP contribution >= 0.6 is 0 Å². The van der Waals surface area contributed by atoms with Gasteiger partial charge in [-0.3, -0.25) is 4.90 Å². The predicted molar refractivity (Wildman–Crippen MR) is 111 cm³/mol. The second-order valence-electron chi connectivity index (χ2n) is 6.68. The van der Waals surface area contributed by atoms with Gasteiger partial charge in [0.1, 0.15) is 11.5 Å². The summed E-state index contributed by atoms with van der Waals surface area (Å²) in [6, 6.07) is 12.2. The average molecular weight is 386 g/mol. The molecule has 0 atom stereocenters. The quantitative estimate of drug-likeness (QED) is 0.693. The van der Waals surface area contributed by atoms with Crippen molar-refractivity contribution in [2.75, 3.05) is 59.0 Å². The summed E-state index contributed by atoms with van der Waals surface area (Å²) in [5.74, 6) is 3.19. The van der Waals surface area contributed by atoms with E-state index < -0.39 is 0 Å². The van der Waals surface area contributed by atoms with Crippen LogP contribution < -0.4 is 23.8 Å². The van der Waals surface area contributed by atoms with Gasteiger partial charge in [0.25, 0.3) is 0 Å². The van der Waals surface area contributed by atoms with Crippen LogP contribution in [0.15, 0.2) is 36.4 Å². The summed E-state index contributed by atoms with van der Waals surface area (Å²) in [7, 11) is 4.98. The summed E-state index contributed by atoms with van der Waals surface area (Å²) < 4.78 is 22.2. The van der Waals surface area contributed by atoms with E-state index in [2.05, 4.69) is 21.9 Å². The minimum Gasteiger partial charge on any atom is -0.496 e. The third-order valence-electron chi connectivity index (χ3n) is 5.06. The van der Waals surface area contributed by atoms with Crippen molar-refractivity contribution in [1.29, 1.82) is 0 Å². The minimum atomic E-state index is 0.677. The van der Waals surface area contributed by atoms with Crippen molar-refractivity contribution in [2.45, 2.75) is 13.5 Å². The summed E-state index contributed by atoms with van der Waals surface area (Å²) >= 11 is 0. The van der Waals surface area contributed by atoms with Crippen LogP contribution in [0, 0.1) is 0 Å². The molecule has 0 amide bonds. The first-order chi connectivity index (χ1) is 13.7. The molecule has 2 aromatic rings. The number of piperazine rings is 1. The highest BCUT2D eigenvalue weighted by atomic mass is 16.5. The molecular formula is C22H30N2O4. The molecule has 2 aromatic carbocycles. The highest BCUT2D eigenvalue weighted by molar-refractivity contribution is 5.58. The van der Waals surface area contributed by atoms with Gasteiger partial charge in [-0.15, -0.1) is 0 Å². The van der Waals surface area contributed by atoms with Crippen LogP contribution in [0.3, 0.4) is 0 Å². The number of hydrogen-bond donors (Lipinski definition) is 0. The lowest BCUT2D eigenvalue weighted by Crippen LogP contribution is -2.46. The molecule has 6 heteroatoms. The Morgan fingerprint density at radius 2 is 1.43 bits per heavy atom. The molecule has 0 saturated carbocycles. The molecule has 0 unspecified atom stereocenters. The summed E-state index contributed by atoms with van der Waals surface area (Å²) in [4.78, 5) is 4.83. The number of rotatable bonds is 8. The van der Waals surface area contributed by atoms with Crippen LogP contribution in [-0.4, -0.2) is 59.0 Å². The Morgan fingerprint density at radius 1 is 0.786 bits per heavy atom. The summed E-state index contributed by atoms with van der Waals surface area (Å²) in [5, 5.41) is 0. The highest BCUT2D eigenvalue weighted by Crippen LogP contribution is 2.35. The lowest BCUT2D eigenvalue weighted by atomic mass is 10.1. The molecule has 3 rings (SSSR count). The Morgan fingerprint density at radius 3 is 2.07 bits per heavy atom. The minimum absolute atomic E-state index is 0.677. The molecule has 1 fully saturated rings. The number of anilines is 1. The van der Waals surface area contributed by atoms with Crippen LogP contribution in [0.2, 0.25) is 0 Å². The second kappa shape index (κ2) is 9.55. The van der Waals surface area contributed by atoms with E-state index in [9.17, 15) is 0 Å². The monoisotopic (exact) mass is 386 g/mol. The molecule has 0 radical (unpaired) electrons. The van der Waals surface area contributed by atoms with Gasteiger partial charge in [-0.05, 0) is 25.1 Å². The fourth-order valence-electron chi connectivity index (χ4n) is 3.60. The SMILES string of the molecule is CCOc1ccccc1N1CCN(Cc2cc(OC)c(OC)cc2OC)CC1. The van der Waals surface area contributed by atoms with Gasteiger partial charge in [0, 0.05) is 44.4 Å². The van der Waals surface area contributed by atoms with E-state index in [1.54, 1.807) is 21.3 Å². The van der Waals surface area contributed by atoms with E-state index in [0.29, 0.717) is 12.4 Å². The molecular weight excluding hydrogens is 356 g/mol. The van der Waals surface area contributed by atoms with Crippen molar-refractivity contribution in [2.24, 2.45) is 0 Å². The lowest BCUT2D eigenvalue weighted by Gasteiger charge is -2.37. The van der Waals surface area contributed by atoms with E-state index in [0.717, 1.165) is 55.5 Å². The van der Waals surface area contributed by atoms with Crippen molar-refractivity contribution in [3.63, 3.8) is 0 Å². The summed E-state index contributed by atoms with van der Waals surface area (Å²) in [6.45, 7) is 7.36. The molecule has 1 aliphatic rings. The highest BCUT2D eigenvalue weighted by Gasteiger charge is 2.21. The Bertz CT molecular complexity index is 773. The van der Waals surface area contributed by atoms with Crippen molar-refractivity contribution in [3.8, 4) is 23.0 Å². The van der Waals surface area contributed by atoms with Gasteiger partial charge in [-0.1, -0.05) is 12.1 Å². The van der Waals surface area contributed by atoms with Crippen molar-refractivity contribution in [1.82, 2.24) is 4.90 Å². The van der Waals surface area contributed by atoms with Crippen LogP contribution in [0.1, 0.15) is 12.5 Å². The lowest BCUT2D eigenvalue weighted by molar-refractivity contribution is 0.244. The summed E-state index contributed by atoms with van der Waals surface area (Å²) in [6.07, 6.45) is 0. The smallest absolute Gasteiger partial charge is 0.164 e. The Balaban J connectivity index is 1.68. The molecule has 152 valence electrons. The topological polar surface area (TPSA) is 43.4 Å². The fourth-order valence-corrected chi connectivity index (χ4v) is 3.60. The van der Waals surface area contributed by atoms with Gasteiger partial charge >= 0.3 is 0 Å². The van der Waals surface area contributed by atoms with Gasteiger partial charge in [0.05, 0.1) is 33.6 Å². The number of nitrogens with zero attached hydrogens (tertiary/aromatic N) is 2. The second-order valence-corrected chi connectivity index (χ2v) is 6.68. The number of para-hydroxylation sites is 2. The van der Waals surface area contributed by atoms with Gasteiger partial charge < -0.3 is 23.8 Å². The maximum atomic E-state index is 5.79. The van der Waals surface area contributed by atoms with E-state index in [4.69, 9.17) is 18.9 Å². The van der Waals surface area contributed by atoms with Gasteiger partial charge in [-0.25, -0.2) is 0 Å². The van der Waals surface area contributed by atoms with Crippen LogP contribution in [0.5, 0.6) is 23.0 Å². The molecule has 28 heavy (non-hydrogen) atoms. The first-order valence-electron chi connectivity index (χ1n) is 9.68. The van der Waals surface area contributed by atoms with Crippen LogP contribution in [0.4, 0.5) is 5.69 Å². The van der Waals surface area contributed by atoms with E-state index >= 15 is 0 Å². The molecule has 0 aromatic heterocycles. The zero-order valence-electron chi connectivity index (χ0n) is 17.2. The van der Waals surface area contributed by atoms with E-state index in [-0.39, 0.29) is 0 Å². The zero-order valence-corrected chi connectivity index (χ0v) is 17.2. The normalized spacial score (nSPS) is 14.6. The van der Waals surface area contributed by atoms with Crippen LogP contribution in [0.25, 0.3) is 0 Å². The largest absolute Gasteiger partial charge is 0.496 e. The first-order valence-corrected chi connectivity index (χ1v) is 9.68. The van der Waals surface area contributed by atoms with Crippen molar-refractivity contribution in [3.05, 3.63) is 42.0 Å². The molecule has 0 aliphatic carbocycles. The fraction of sp³-hybridized carbons (Fsp3) is 0.455. The van der Waals surface area contributed by atoms with E-state index in [1.165, 1.54) is 5.69 Å². The first kappa shape index (κ1) is 20.1. The Labute approximate surface area is 167 Å². The standard InChI is InChI=1S/C22H30N2O4/c1-5-28-19-9-7-6-8-18(19)24-12-10-23(11-13-24)16-17-14-21(26-3)22(27-4)15-20(17)25-2/h6-9,14-15H,5,10-13,16H2,1-4H3. The van der Waals surface area contributed by atoms with Gasteiger partial charge in [0.2, 0.25) is 0 Å². The van der Waals surface area contributed by atoms with E-state index in [1.807, 2.05) is 31.2 Å². The predicted octanol–water partition coefficient (Wildman–Crippen LogP) is 3.43. The maximum Gasteiger partial charge on any atom is 0.164 e. The van der Waals surface area contributed by atoms with Crippen molar-refractivity contribution >= 4 is 5.69 Å². The molecule has 1 heterocycles. The van der Waals surface area contributed by atoms with Crippen molar-refractivity contribution < 1.29 is 18.9 Å². The average Bonchev–Trinajstić information content (AvgIpc) is 2.74. The maximum absolute atomic E-state index is 5.79. The van der Waals surface area contributed by atoms with Gasteiger partial charge in [-0.2, -0.15) is 0 Å². The number of benzene rings is 2. The number of ether oxygens (including phenoxy) is 4. The molecule has 1 aliphatic heterocycles. The molecule has 6 nitrogen and oxygen atoms in total. The Hall–Kier alpha value is -2.60. The number of methoxy groups -OCH3 is 3.